The summed E-state index contributed by atoms with van der Waals surface area (Å²) in [6.07, 6.45) is 0. The smallest absolute Gasteiger partial charge is 0.262 e. The van der Waals surface area contributed by atoms with Crippen molar-refractivity contribution in [1.29, 1.82) is 0 Å². The summed E-state index contributed by atoms with van der Waals surface area (Å²) in [4.78, 5) is 12.1. The molecular weight excluding hydrogens is 467 g/mol. The molecule has 26 heavy (non-hydrogen) atoms. The number of halogens is 1. The lowest BCUT2D eigenvalue weighted by atomic mass is 10.1. The Balaban J connectivity index is 2.01. The lowest BCUT2D eigenvalue weighted by Gasteiger charge is -2.20. The Morgan fingerprint density at radius 1 is 1.12 bits per heavy atom. The Morgan fingerprint density at radius 2 is 1.77 bits per heavy atom. The number of nitrogens with one attached hydrogen (secondary N) is 2. The predicted octanol–water partition coefficient (Wildman–Crippen LogP) is 3.39. The van der Waals surface area contributed by atoms with Crippen LogP contribution in [0.25, 0.3) is 0 Å². The molecule has 1 amide bonds. The van der Waals surface area contributed by atoms with Crippen LogP contribution in [0.3, 0.4) is 0 Å². The van der Waals surface area contributed by atoms with E-state index in [4.69, 9.17) is 4.74 Å². The van der Waals surface area contributed by atoms with Crippen molar-refractivity contribution in [2.24, 2.45) is 0 Å². The van der Waals surface area contributed by atoms with Crippen molar-refractivity contribution in [2.45, 2.75) is 31.2 Å². The van der Waals surface area contributed by atoms with Crippen LogP contribution in [0.5, 0.6) is 5.75 Å². The SMILES string of the molecule is CC(C)(C)NS(=O)(=O)c1cccc(NC(=O)COc2ccc(I)cc2)c1. The van der Waals surface area contributed by atoms with Gasteiger partial charge in [-0.15, -0.1) is 0 Å². The van der Waals surface area contributed by atoms with Gasteiger partial charge in [-0.25, -0.2) is 13.1 Å². The summed E-state index contributed by atoms with van der Waals surface area (Å²) in [6.45, 7) is 5.12. The number of amides is 1. The highest BCUT2D eigenvalue weighted by Crippen LogP contribution is 2.18. The number of ether oxygens (including phenoxy) is 1. The zero-order valence-electron chi connectivity index (χ0n) is 14.7. The number of rotatable bonds is 6. The predicted molar refractivity (Wildman–Crippen MR) is 110 cm³/mol. The molecule has 0 saturated heterocycles. The van der Waals surface area contributed by atoms with Crippen LogP contribution in [0.1, 0.15) is 20.8 Å². The molecule has 0 aromatic heterocycles. The first-order chi connectivity index (χ1) is 12.0. The standard InChI is InChI=1S/C18H21IN2O4S/c1-18(2,3)21-26(23,24)16-6-4-5-14(11-16)20-17(22)12-25-15-9-7-13(19)8-10-15/h4-11,21H,12H2,1-3H3,(H,20,22). The van der Waals surface area contributed by atoms with Crippen molar-refractivity contribution in [2.75, 3.05) is 11.9 Å². The summed E-state index contributed by atoms with van der Waals surface area (Å²) >= 11 is 2.18. The molecule has 0 aliphatic rings. The fraction of sp³-hybridized carbons (Fsp3) is 0.278. The molecule has 0 spiro atoms. The van der Waals surface area contributed by atoms with Crippen LogP contribution < -0.4 is 14.8 Å². The molecule has 2 aromatic carbocycles. The Kier molecular flexibility index (Phi) is 6.64. The van der Waals surface area contributed by atoms with E-state index >= 15 is 0 Å². The van der Waals surface area contributed by atoms with Crippen molar-refractivity contribution in [1.82, 2.24) is 4.72 Å². The van der Waals surface area contributed by atoms with Gasteiger partial charge in [-0.1, -0.05) is 6.07 Å². The topological polar surface area (TPSA) is 84.5 Å². The molecule has 0 fully saturated rings. The van der Waals surface area contributed by atoms with Crippen molar-refractivity contribution >= 4 is 44.2 Å². The summed E-state index contributed by atoms with van der Waals surface area (Å²) in [5, 5.41) is 2.64. The number of benzene rings is 2. The lowest BCUT2D eigenvalue weighted by Crippen LogP contribution is -2.40. The average molecular weight is 488 g/mol. The summed E-state index contributed by atoms with van der Waals surface area (Å²) in [5.41, 5.74) is -0.211. The zero-order chi connectivity index (χ0) is 19.4. The van der Waals surface area contributed by atoms with Gasteiger partial charge >= 0.3 is 0 Å². The van der Waals surface area contributed by atoms with Gasteiger partial charge in [0, 0.05) is 14.8 Å². The van der Waals surface area contributed by atoms with Crippen LogP contribution in [-0.4, -0.2) is 26.5 Å². The monoisotopic (exact) mass is 488 g/mol. The number of anilines is 1. The Morgan fingerprint density at radius 3 is 2.38 bits per heavy atom. The van der Waals surface area contributed by atoms with Gasteiger partial charge in [-0.05, 0) is 85.8 Å². The minimum atomic E-state index is -3.67. The van der Waals surface area contributed by atoms with Crippen molar-refractivity contribution < 1.29 is 17.9 Å². The molecule has 0 atom stereocenters. The molecule has 0 radical (unpaired) electrons. The van der Waals surface area contributed by atoms with E-state index in [1.54, 1.807) is 45.0 Å². The molecule has 2 aromatic rings. The fourth-order valence-corrected chi connectivity index (χ4v) is 3.90. The van der Waals surface area contributed by atoms with E-state index in [0.717, 1.165) is 3.57 Å². The van der Waals surface area contributed by atoms with E-state index in [1.165, 1.54) is 12.1 Å². The minimum absolute atomic E-state index is 0.0868. The van der Waals surface area contributed by atoms with Gasteiger partial charge in [-0.3, -0.25) is 4.79 Å². The van der Waals surface area contributed by atoms with Gasteiger partial charge in [0.25, 0.3) is 5.91 Å². The highest BCUT2D eigenvalue weighted by Gasteiger charge is 2.22. The van der Waals surface area contributed by atoms with Gasteiger partial charge in [0.2, 0.25) is 10.0 Å². The number of sulfonamides is 1. The lowest BCUT2D eigenvalue weighted by molar-refractivity contribution is -0.118. The first kappa shape index (κ1) is 20.7. The van der Waals surface area contributed by atoms with Gasteiger partial charge in [0.1, 0.15) is 5.75 Å². The van der Waals surface area contributed by atoms with Crippen LogP contribution in [0.4, 0.5) is 5.69 Å². The fourth-order valence-electron chi connectivity index (χ4n) is 2.08. The van der Waals surface area contributed by atoms with Gasteiger partial charge in [0.15, 0.2) is 6.61 Å². The molecule has 2 rings (SSSR count). The second kappa shape index (κ2) is 8.36. The van der Waals surface area contributed by atoms with Gasteiger partial charge in [-0.2, -0.15) is 0 Å². The molecule has 0 aliphatic heterocycles. The van der Waals surface area contributed by atoms with E-state index in [2.05, 4.69) is 32.6 Å². The van der Waals surface area contributed by atoms with Crippen LogP contribution in [0.15, 0.2) is 53.4 Å². The zero-order valence-corrected chi connectivity index (χ0v) is 17.7. The van der Waals surface area contributed by atoms with E-state index in [0.29, 0.717) is 11.4 Å². The van der Waals surface area contributed by atoms with E-state index in [9.17, 15) is 13.2 Å². The molecule has 0 bridgehead atoms. The Bertz CT molecular complexity index is 875. The Labute approximate surface area is 167 Å². The molecule has 0 unspecified atom stereocenters. The van der Waals surface area contributed by atoms with Crippen LogP contribution in [0.2, 0.25) is 0 Å². The molecule has 6 nitrogen and oxygen atoms in total. The Hall–Kier alpha value is -1.65. The van der Waals surface area contributed by atoms with Crippen molar-refractivity contribution in [3.05, 3.63) is 52.1 Å². The maximum atomic E-state index is 12.4. The van der Waals surface area contributed by atoms with E-state index in [1.807, 2.05) is 12.1 Å². The number of hydrogen-bond donors (Lipinski definition) is 2. The third-order valence-electron chi connectivity index (χ3n) is 3.05. The largest absolute Gasteiger partial charge is 0.484 e. The molecule has 140 valence electrons. The third-order valence-corrected chi connectivity index (χ3v) is 5.53. The summed E-state index contributed by atoms with van der Waals surface area (Å²) in [5.74, 6) is 0.216. The van der Waals surface area contributed by atoms with Gasteiger partial charge < -0.3 is 10.1 Å². The first-order valence-electron chi connectivity index (χ1n) is 7.87. The highest BCUT2D eigenvalue weighted by molar-refractivity contribution is 14.1. The molecule has 8 heteroatoms. The molecule has 0 saturated carbocycles. The van der Waals surface area contributed by atoms with Crippen LogP contribution >= 0.6 is 22.6 Å². The quantitative estimate of drug-likeness (QED) is 0.611. The minimum Gasteiger partial charge on any atom is -0.484 e. The second-order valence-electron chi connectivity index (χ2n) is 6.67. The molecule has 0 heterocycles. The molecular formula is C18H21IN2O4S. The normalized spacial score (nSPS) is 11.8. The summed E-state index contributed by atoms with van der Waals surface area (Å²) < 4.78 is 33.8. The van der Waals surface area contributed by atoms with Crippen molar-refractivity contribution in [3.8, 4) is 5.75 Å². The van der Waals surface area contributed by atoms with Crippen molar-refractivity contribution in [3.63, 3.8) is 0 Å². The second-order valence-corrected chi connectivity index (χ2v) is 9.60. The average Bonchev–Trinajstić information content (AvgIpc) is 2.52. The maximum absolute atomic E-state index is 12.4. The third kappa shape index (κ3) is 6.58. The van der Waals surface area contributed by atoms with E-state index in [-0.39, 0.29) is 17.4 Å². The van der Waals surface area contributed by atoms with Crippen LogP contribution in [-0.2, 0) is 14.8 Å². The summed E-state index contributed by atoms with van der Waals surface area (Å²) in [6, 6.07) is 13.4. The number of carbonyl (C=O) groups is 1. The van der Waals surface area contributed by atoms with Gasteiger partial charge in [0.05, 0.1) is 4.90 Å². The highest BCUT2D eigenvalue weighted by atomic mass is 127. The van der Waals surface area contributed by atoms with E-state index < -0.39 is 15.6 Å². The number of carbonyl (C=O) groups excluding carboxylic acids is 1. The molecule has 2 N–H and O–H groups in total. The number of hydrogen-bond acceptors (Lipinski definition) is 4. The summed E-state index contributed by atoms with van der Waals surface area (Å²) in [7, 11) is -3.67. The van der Waals surface area contributed by atoms with Crippen LogP contribution in [0, 0.1) is 3.57 Å². The molecule has 0 aliphatic carbocycles. The maximum Gasteiger partial charge on any atom is 0.262 e. The first-order valence-corrected chi connectivity index (χ1v) is 10.4.